The number of carbonyl (C=O) groups is 2. The number of carbonyl (C=O) groups excluding carboxylic acids is 2. The van der Waals surface area contributed by atoms with Crippen molar-refractivity contribution in [2.24, 2.45) is 5.73 Å². The first-order valence-electron chi connectivity index (χ1n) is 12.9. The number of thiophene rings is 1. The molecule has 2 aromatic heterocycles. The van der Waals surface area contributed by atoms with Crippen LogP contribution >= 0.6 is 11.3 Å². The molecule has 0 bridgehead atoms. The van der Waals surface area contributed by atoms with Gasteiger partial charge in [0.25, 0.3) is 11.8 Å². The largest absolute Gasteiger partial charge is 0.493 e. The third kappa shape index (κ3) is 5.02. The molecular weight excluding hydrogens is 532 g/mol. The Hall–Kier alpha value is -4.31. The number of hydrogen-bond acceptors (Lipinski definition) is 8. The van der Waals surface area contributed by atoms with Crippen molar-refractivity contribution in [3.05, 3.63) is 67.7 Å². The van der Waals surface area contributed by atoms with Crippen molar-refractivity contribution in [1.82, 2.24) is 0 Å². The molecule has 0 atom stereocenters. The van der Waals surface area contributed by atoms with Gasteiger partial charge in [0, 0.05) is 10.4 Å². The minimum atomic E-state index is -0.577. The molecule has 1 aliphatic carbocycles. The predicted octanol–water partition coefficient (Wildman–Crippen LogP) is 5.15. The van der Waals surface area contributed by atoms with E-state index in [0.29, 0.717) is 38.6 Å². The number of nitrogens with two attached hydrogens (primary N) is 1. The van der Waals surface area contributed by atoms with Gasteiger partial charge in [-0.05, 0) is 86.6 Å². The highest BCUT2D eigenvalue weighted by Gasteiger charge is 2.26. The number of nitrogens with one attached hydrogen (secondary N) is 1. The lowest BCUT2D eigenvalue weighted by atomic mass is 9.95. The first-order valence-corrected chi connectivity index (χ1v) is 13.7. The lowest BCUT2D eigenvalue weighted by Gasteiger charge is -2.14. The number of rotatable bonds is 8. The maximum Gasteiger partial charge on any atom is 0.262 e. The van der Waals surface area contributed by atoms with Crippen LogP contribution in [-0.2, 0) is 17.6 Å². The molecule has 0 saturated heterocycles. The number of ether oxygens (including phenoxy) is 3. The Kier molecular flexibility index (Phi) is 7.53. The maximum absolute atomic E-state index is 13.7. The molecule has 4 aromatic rings. The number of benzene rings is 2. The average Bonchev–Trinajstić information content (AvgIpc) is 3.31. The Bertz CT molecular complexity index is 1700. The number of fused-ring (bicyclic) bond motifs is 2. The van der Waals surface area contributed by atoms with E-state index in [1.54, 1.807) is 30.3 Å². The van der Waals surface area contributed by atoms with Crippen LogP contribution in [0.3, 0.4) is 0 Å². The van der Waals surface area contributed by atoms with Crippen LogP contribution in [0.25, 0.3) is 22.3 Å². The van der Waals surface area contributed by atoms with Gasteiger partial charge in [-0.15, -0.1) is 11.3 Å². The van der Waals surface area contributed by atoms with E-state index in [1.807, 2.05) is 13.8 Å². The molecule has 0 radical (unpaired) electrons. The van der Waals surface area contributed by atoms with E-state index in [4.69, 9.17) is 24.4 Å². The SMILES string of the molecule is COc1ccc(-c2oc3cc(C)c(C)cc3c(=O)c2OCC(=O)Nc2sc3c(c2C(N)=O)CCCC3)cc1OC. The molecule has 3 N–H and O–H groups in total. The summed E-state index contributed by atoms with van der Waals surface area (Å²) in [7, 11) is 3.04. The topological polar surface area (TPSA) is 130 Å². The summed E-state index contributed by atoms with van der Waals surface area (Å²) in [5.41, 5.74) is 9.30. The van der Waals surface area contributed by atoms with Gasteiger partial charge in [0.05, 0.1) is 25.2 Å². The number of anilines is 1. The van der Waals surface area contributed by atoms with E-state index < -0.39 is 23.9 Å². The normalized spacial score (nSPS) is 12.6. The molecule has 9 nitrogen and oxygen atoms in total. The first-order chi connectivity index (χ1) is 19.2. The summed E-state index contributed by atoms with van der Waals surface area (Å²) in [6, 6.07) is 8.63. The summed E-state index contributed by atoms with van der Waals surface area (Å²) >= 11 is 1.36. The van der Waals surface area contributed by atoms with Crippen LogP contribution in [0, 0.1) is 13.8 Å². The summed E-state index contributed by atoms with van der Waals surface area (Å²) in [4.78, 5) is 40.0. The van der Waals surface area contributed by atoms with Gasteiger partial charge in [-0.25, -0.2) is 0 Å². The fourth-order valence-electron chi connectivity index (χ4n) is 4.95. The second kappa shape index (κ2) is 11.1. The van der Waals surface area contributed by atoms with Crippen LogP contribution in [0.5, 0.6) is 17.2 Å². The third-order valence-corrected chi connectivity index (χ3v) is 8.34. The molecule has 0 fully saturated rings. The van der Waals surface area contributed by atoms with Gasteiger partial charge < -0.3 is 29.7 Å². The number of aryl methyl sites for hydroxylation is 3. The van der Waals surface area contributed by atoms with Crippen LogP contribution in [0.4, 0.5) is 5.00 Å². The summed E-state index contributed by atoms with van der Waals surface area (Å²) in [6.45, 7) is 3.35. The Morgan fingerprint density at radius 2 is 1.75 bits per heavy atom. The molecule has 1 aliphatic rings. The molecule has 2 aromatic carbocycles. The smallest absolute Gasteiger partial charge is 0.262 e. The van der Waals surface area contributed by atoms with Crippen LogP contribution in [-0.4, -0.2) is 32.6 Å². The first kappa shape index (κ1) is 27.3. The van der Waals surface area contributed by atoms with Crippen molar-refractivity contribution < 1.29 is 28.2 Å². The lowest BCUT2D eigenvalue weighted by Crippen LogP contribution is -2.24. The number of primary amides is 1. The molecule has 2 heterocycles. The van der Waals surface area contributed by atoms with Gasteiger partial charge in [-0.1, -0.05) is 0 Å². The Labute approximate surface area is 234 Å². The third-order valence-electron chi connectivity index (χ3n) is 7.13. The van der Waals surface area contributed by atoms with E-state index in [2.05, 4.69) is 5.32 Å². The highest BCUT2D eigenvalue weighted by atomic mass is 32.1. The van der Waals surface area contributed by atoms with Crippen molar-refractivity contribution in [3.63, 3.8) is 0 Å². The zero-order valence-electron chi connectivity index (χ0n) is 22.8. The second-order valence-corrected chi connectivity index (χ2v) is 10.8. The highest BCUT2D eigenvalue weighted by molar-refractivity contribution is 7.17. The van der Waals surface area contributed by atoms with E-state index in [9.17, 15) is 14.4 Å². The van der Waals surface area contributed by atoms with Crippen molar-refractivity contribution in [3.8, 4) is 28.6 Å². The monoisotopic (exact) mass is 562 g/mol. The molecule has 40 heavy (non-hydrogen) atoms. The van der Waals surface area contributed by atoms with Crippen molar-refractivity contribution in [2.45, 2.75) is 39.5 Å². The fraction of sp³-hybridized carbons (Fsp3) is 0.300. The Morgan fingerprint density at radius 1 is 1.02 bits per heavy atom. The Morgan fingerprint density at radius 3 is 2.48 bits per heavy atom. The van der Waals surface area contributed by atoms with Gasteiger partial charge in [-0.3, -0.25) is 14.4 Å². The van der Waals surface area contributed by atoms with E-state index in [-0.39, 0.29) is 11.5 Å². The maximum atomic E-state index is 13.7. The summed E-state index contributed by atoms with van der Waals surface area (Å²) < 4.78 is 22.9. The van der Waals surface area contributed by atoms with Gasteiger partial charge in [0.1, 0.15) is 10.6 Å². The molecule has 10 heteroatoms. The van der Waals surface area contributed by atoms with E-state index >= 15 is 0 Å². The molecule has 0 saturated carbocycles. The van der Waals surface area contributed by atoms with Crippen LogP contribution < -0.4 is 30.7 Å². The molecule has 208 valence electrons. The standard InChI is InChI=1S/C30H30N2O7S/c1-15-11-19-21(12-16(15)2)39-27(17-9-10-20(36-3)22(13-17)37-4)28(26(19)34)38-14-24(33)32-30-25(29(31)35)18-7-5-6-8-23(18)40-30/h9-13H,5-8,14H2,1-4H3,(H2,31,35)(H,32,33). The zero-order chi connectivity index (χ0) is 28.6. The molecule has 0 aliphatic heterocycles. The van der Waals surface area contributed by atoms with Gasteiger partial charge >= 0.3 is 0 Å². The number of amides is 2. The second-order valence-electron chi connectivity index (χ2n) is 9.71. The lowest BCUT2D eigenvalue weighted by molar-refractivity contribution is -0.118. The number of hydrogen-bond donors (Lipinski definition) is 2. The van der Waals surface area contributed by atoms with Crippen LogP contribution in [0.15, 0.2) is 39.5 Å². The van der Waals surface area contributed by atoms with E-state index in [1.165, 1.54) is 25.6 Å². The van der Waals surface area contributed by atoms with Crippen molar-refractivity contribution in [1.29, 1.82) is 0 Å². The molecule has 5 rings (SSSR count). The summed E-state index contributed by atoms with van der Waals surface area (Å²) in [6.07, 6.45) is 3.59. The molecule has 2 amide bonds. The summed E-state index contributed by atoms with van der Waals surface area (Å²) in [5, 5.41) is 3.51. The zero-order valence-corrected chi connectivity index (χ0v) is 23.6. The van der Waals surface area contributed by atoms with Gasteiger partial charge in [0.2, 0.25) is 11.2 Å². The minimum absolute atomic E-state index is 0.112. The van der Waals surface area contributed by atoms with Crippen molar-refractivity contribution >= 4 is 39.1 Å². The molecule has 0 spiro atoms. The predicted molar refractivity (Wildman–Crippen MR) is 154 cm³/mol. The quantitative estimate of drug-likeness (QED) is 0.304. The number of methoxy groups -OCH3 is 2. The van der Waals surface area contributed by atoms with Gasteiger partial charge in [0.15, 0.2) is 23.9 Å². The van der Waals surface area contributed by atoms with Crippen molar-refractivity contribution in [2.75, 3.05) is 26.1 Å². The molecular formula is C30H30N2O7S. The van der Waals surface area contributed by atoms with Crippen LogP contribution in [0.1, 0.15) is 44.8 Å². The molecule has 0 unspecified atom stereocenters. The minimum Gasteiger partial charge on any atom is -0.493 e. The van der Waals surface area contributed by atoms with E-state index in [0.717, 1.165) is 47.3 Å². The Balaban J connectivity index is 1.51. The van der Waals surface area contributed by atoms with Gasteiger partial charge in [-0.2, -0.15) is 0 Å². The average molecular weight is 563 g/mol. The highest BCUT2D eigenvalue weighted by Crippen LogP contribution is 2.39. The van der Waals surface area contributed by atoms with Crippen LogP contribution in [0.2, 0.25) is 0 Å². The fourth-order valence-corrected chi connectivity index (χ4v) is 6.26. The summed E-state index contributed by atoms with van der Waals surface area (Å²) in [5.74, 6) is -0.123.